The van der Waals surface area contributed by atoms with E-state index in [0.717, 1.165) is 60.5 Å². The lowest BCUT2D eigenvalue weighted by atomic mass is 10.0. The molecular formula is C24H22BrN3OS2. The Bertz CT molecular complexity index is 1200. The van der Waals surface area contributed by atoms with E-state index in [1.165, 1.54) is 11.8 Å². The van der Waals surface area contributed by atoms with Gasteiger partial charge in [-0.15, -0.1) is 11.3 Å². The van der Waals surface area contributed by atoms with E-state index in [9.17, 15) is 4.79 Å². The molecule has 0 spiro atoms. The number of fused-ring (bicyclic) bond motifs is 1. The fourth-order valence-electron chi connectivity index (χ4n) is 3.51. The monoisotopic (exact) mass is 511 g/mol. The number of para-hydroxylation sites is 1. The molecule has 0 fully saturated rings. The van der Waals surface area contributed by atoms with E-state index in [1.807, 2.05) is 12.1 Å². The Balaban J connectivity index is 1.57. The molecular weight excluding hydrogens is 490 g/mol. The standard InChI is InChI=1S/C24H22BrN3OS2/c1-3-15-6-5-7-16(4-2)22(15)28-20(29)13-31-24-21-19(12-30-23(21)26-14-27-24)17-8-10-18(25)11-9-17/h5-12,14H,3-4,13H2,1-2H3,(H,28,29). The minimum Gasteiger partial charge on any atom is -0.325 e. The molecule has 0 aliphatic rings. The van der Waals surface area contributed by atoms with Crippen LogP contribution in [0.3, 0.4) is 0 Å². The number of carbonyl (C=O) groups is 1. The summed E-state index contributed by atoms with van der Waals surface area (Å²) in [4.78, 5) is 22.7. The molecule has 0 unspecified atom stereocenters. The van der Waals surface area contributed by atoms with Crippen LogP contribution in [0, 0.1) is 0 Å². The highest BCUT2D eigenvalue weighted by Gasteiger charge is 2.16. The van der Waals surface area contributed by atoms with Crippen LogP contribution in [-0.4, -0.2) is 21.6 Å². The van der Waals surface area contributed by atoms with Crippen molar-refractivity contribution in [2.45, 2.75) is 31.7 Å². The van der Waals surface area contributed by atoms with Crippen LogP contribution in [0.25, 0.3) is 21.3 Å². The molecule has 2 heterocycles. The number of benzene rings is 2. The van der Waals surface area contributed by atoms with E-state index in [1.54, 1.807) is 17.7 Å². The van der Waals surface area contributed by atoms with Gasteiger partial charge in [-0.25, -0.2) is 9.97 Å². The topological polar surface area (TPSA) is 54.9 Å². The number of halogens is 1. The second-order valence-corrected chi connectivity index (χ2v) is 9.75. The highest BCUT2D eigenvalue weighted by atomic mass is 79.9. The van der Waals surface area contributed by atoms with Crippen molar-refractivity contribution in [3.05, 3.63) is 69.8 Å². The maximum Gasteiger partial charge on any atom is 0.234 e. The van der Waals surface area contributed by atoms with Crippen molar-refractivity contribution in [3.63, 3.8) is 0 Å². The zero-order valence-electron chi connectivity index (χ0n) is 17.3. The van der Waals surface area contributed by atoms with Gasteiger partial charge in [-0.05, 0) is 41.7 Å². The van der Waals surface area contributed by atoms with Gasteiger partial charge < -0.3 is 5.32 Å². The highest BCUT2D eigenvalue weighted by Crippen LogP contribution is 2.38. The number of nitrogens with one attached hydrogen (secondary N) is 1. The van der Waals surface area contributed by atoms with E-state index in [-0.39, 0.29) is 5.91 Å². The first-order valence-corrected chi connectivity index (χ1v) is 12.8. The van der Waals surface area contributed by atoms with Crippen LogP contribution in [0.4, 0.5) is 5.69 Å². The number of rotatable bonds is 7. The highest BCUT2D eigenvalue weighted by molar-refractivity contribution is 9.10. The third kappa shape index (κ3) is 4.84. The minimum atomic E-state index is -0.0206. The molecule has 31 heavy (non-hydrogen) atoms. The van der Waals surface area contributed by atoms with Crippen LogP contribution in [0.2, 0.25) is 0 Å². The molecule has 0 radical (unpaired) electrons. The fourth-order valence-corrected chi connectivity index (χ4v) is 5.57. The zero-order valence-corrected chi connectivity index (χ0v) is 20.5. The van der Waals surface area contributed by atoms with Crippen molar-refractivity contribution >= 4 is 60.8 Å². The quantitative estimate of drug-likeness (QED) is 0.215. The number of thioether (sulfide) groups is 1. The summed E-state index contributed by atoms with van der Waals surface area (Å²) in [5.74, 6) is 0.274. The van der Waals surface area contributed by atoms with E-state index in [4.69, 9.17) is 0 Å². The van der Waals surface area contributed by atoms with Crippen LogP contribution < -0.4 is 5.32 Å². The summed E-state index contributed by atoms with van der Waals surface area (Å²) in [6.45, 7) is 4.22. The summed E-state index contributed by atoms with van der Waals surface area (Å²) >= 11 is 6.54. The molecule has 0 saturated heterocycles. The van der Waals surface area contributed by atoms with Gasteiger partial charge in [0.15, 0.2) is 0 Å². The molecule has 2 aromatic carbocycles. The van der Waals surface area contributed by atoms with E-state index >= 15 is 0 Å². The molecule has 1 amide bonds. The molecule has 0 aliphatic carbocycles. The predicted octanol–water partition coefficient (Wildman–Crippen LogP) is 6.98. The average Bonchev–Trinajstić information content (AvgIpc) is 3.23. The number of anilines is 1. The Morgan fingerprint density at radius 1 is 1.06 bits per heavy atom. The summed E-state index contributed by atoms with van der Waals surface area (Å²) in [5.41, 5.74) is 5.49. The number of aryl methyl sites for hydroxylation is 2. The Morgan fingerprint density at radius 2 is 1.77 bits per heavy atom. The van der Waals surface area contributed by atoms with Gasteiger partial charge in [0.25, 0.3) is 0 Å². The van der Waals surface area contributed by atoms with Gasteiger partial charge in [-0.2, -0.15) is 0 Å². The number of hydrogen-bond acceptors (Lipinski definition) is 5. The molecule has 0 saturated carbocycles. The smallest absolute Gasteiger partial charge is 0.234 e. The lowest BCUT2D eigenvalue weighted by Gasteiger charge is -2.14. The number of carbonyl (C=O) groups excluding carboxylic acids is 1. The van der Waals surface area contributed by atoms with Crippen molar-refractivity contribution in [1.29, 1.82) is 0 Å². The van der Waals surface area contributed by atoms with Crippen molar-refractivity contribution in [3.8, 4) is 11.1 Å². The summed E-state index contributed by atoms with van der Waals surface area (Å²) in [5, 5.41) is 7.09. The van der Waals surface area contributed by atoms with Gasteiger partial charge in [-0.1, -0.05) is 71.9 Å². The first-order valence-electron chi connectivity index (χ1n) is 10.1. The fraction of sp³-hybridized carbons (Fsp3) is 0.208. The van der Waals surface area contributed by atoms with Crippen molar-refractivity contribution in [2.75, 3.05) is 11.1 Å². The van der Waals surface area contributed by atoms with Crippen molar-refractivity contribution in [2.24, 2.45) is 0 Å². The minimum absolute atomic E-state index is 0.0206. The molecule has 158 valence electrons. The second-order valence-electron chi connectivity index (χ2n) is 7.01. The molecule has 1 N–H and O–H groups in total. The molecule has 0 atom stereocenters. The maximum atomic E-state index is 12.8. The molecule has 0 aliphatic heterocycles. The van der Waals surface area contributed by atoms with Gasteiger partial charge in [0.2, 0.25) is 5.91 Å². The van der Waals surface area contributed by atoms with Crippen LogP contribution >= 0.6 is 39.0 Å². The third-order valence-electron chi connectivity index (χ3n) is 5.09. The average molecular weight is 512 g/mol. The maximum absolute atomic E-state index is 12.8. The largest absolute Gasteiger partial charge is 0.325 e. The Kier molecular flexibility index (Phi) is 7.05. The Morgan fingerprint density at radius 3 is 2.45 bits per heavy atom. The molecule has 7 heteroatoms. The number of amides is 1. The first-order chi connectivity index (χ1) is 15.1. The number of nitrogens with zero attached hydrogens (tertiary/aromatic N) is 2. The molecule has 4 nitrogen and oxygen atoms in total. The van der Waals surface area contributed by atoms with Gasteiger partial charge in [0, 0.05) is 21.1 Å². The number of aromatic nitrogens is 2. The molecule has 0 bridgehead atoms. The SMILES string of the molecule is CCc1cccc(CC)c1NC(=O)CSc1ncnc2scc(-c3ccc(Br)cc3)c12. The summed E-state index contributed by atoms with van der Waals surface area (Å²) in [6.07, 6.45) is 3.34. The van der Waals surface area contributed by atoms with Gasteiger partial charge in [-0.3, -0.25) is 4.79 Å². The summed E-state index contributed by atoms with van der Waals surface area (Å²) in [7, 11) is 0. The number of hydrogen-bond donors (Lipinski definition) is 1. The first kappa shape index (κ1) is 22.0. The molecule has 2 aromatic heterocycles. The Labute approximate surface area is 198 Å². The van der Waals surface area contributed by atoms with Gasteiger partial charge in [0.1, 0.15) is 16.2 Å². The second kappa shape index (κ2) is 9.94. The zero-order chi connectivity index (χ0) is 21.8. The van der Waals surface area contributed by atoms with Crippen LogP contribution in [0.15, 0.2) is 63.7 Å². The van der Waals surface area contributed by atoms with Crippen LogP contribution in [0.5, 0.6) is 0 Å². The van der Waals surface area contributed by atoms with Crippen LogP contribution in [-0.2, 0) is 17.6 Å². The van der Waals surface area contributed by atoms with Gasteiger partial charge in [0.05, 0.1) is 11.1 Å². The lowest BCUT2D eigenvalue weighted by Crippen LogP contribution is -2.16. The molecule has 4 aromatic rings. The van der Waals surface area contributed by atoms with E-state index < -0.39 is 0 Å². The van der Waals surface area contributed by atoms with Gasteiger partial charge >= 0.3 is 0 Å². The number of thiophene rings is 1. The van der Waals surface area contributed by atoms with Crippen LogP contribution in [0.1, 0.15) is 25.0 Å². The summed E-state index contributed by atoms with van der Waals surface area (Å²) in [6, 6.07) is 14.4. The summed E-state index contributed by atoms with van der Waals surface area (Å²) < 4.78 is 1.04. The van der Waals surface area contributed by atoms with Crippen molar-refractivity contribution in [1.82, 2.24) is 9.97 Å². The molecule has 4 rings (SSSR count). The lowest BCUT2D eigenvalue weighted by molar-refractivity contribution is -0.113. The van der Waals surface area contributed by atoms with Crippen molar-refractivity contribution < 1.29 is 4.79 Å². The van der Waals surface area contributed by atoms with E-state index in [0.29, 0.717) is 5.75 Å². The normalized spacial score (nSPS) is 11.1. The third-order valence-corrected chi connectivity index (χ3v) is 7.50. The van der Waals surface area contributed by atoms with E-state index in [2.05, 4.69) is 80.8 Å². The predicted molar refractivity (Wildman–Crippen MR) is 135 cm³/mol. The Hall–Kier alpha value is -2.22.